The van der Waals surface area contributed by atoms with E-state index in [0.29, 0.717) is 44.2 Å². The van der Waals surface area contributed by atoms with Crippen molar-refractivity contribution < 1.29 is 4.79 Å². The van der Waals surface area contributed by atoms with Crippen molar-refractivity contribution in [1.82, 2.24) is 16.0 Å². The molecule has 34 heavy (non-hydrogen) atoms. The van der Waals surface area contributed by atoms with Crippen LogP contribution in [-0.2, 0) is 4.79 Å². The number of carbonyl (C=O) groups excluding carboxylic acids is 1. The third kappa shape index (κ3) is 5.09. The van der Waals surface area contributed by atoms with Crippen LogP contribution in [0.3, 0.4) is 0 Å². The van der Waals surface area contributed by atoms with Crippen molar-refractivity contribution in [2.24, 2.45) is 9.98 Å². The summed E-state index contributed by atoms with van der Waals surface area (Å²) in [5, 5.41) is 10.9. The fourth-order valence-corrected chi connectivity index (χ4v) is 4.25. The van der Waals surface area contributed by atoms with E-state index in [1.807, 2.05) is 32.0 Å². The number of nitrogens with zero attached hydrogens (tertiary/aromatic N) is 3. The Hall–Kier alpha value is -2.94. The summed E-state index contributed by atoms with van der Waals surface area (Å²) < 4.78 is 0. The number of anilines is 1. The molecule has 0 aliphatic carbocycles. The summed E-state index contributed by atoms with van der Waals surface area (Å²) in [6.07, 6.45) is 0.804. The van der Waals surface area contributed by atoms with E-state index in [1.54, 1.807) is 42.4 Å². The molecule has 2 aliphatic heterocycles. The largest absolute Gasteiger partial charge is 0.378 e. The third-order valence-corrected chi connectivity index (χ3v) is 6.51. The predicted molar refractivity (Wildman–Crippen MR) is 143 cm³/mol. The van der Waals surface area contributed by atoms with Gasteiger partial charge in [0.2, 0.25) is 6.17 Å². The van der Waals surface area contributed by atoms with Crippen LogP contribution in [0.4, 0.5) is 5.69 Å². The lowest BCUT2D eigenvalue weighted by atomic mass is 10.00. The summed E-state index contributed by atoms with van der Waals surface area (Å²) in [6, 6.07) is 12.8. The summed E-state index contributed by atoms with van der Waals surface area (Å²) in [5.74, 6) is -0.265. The molecule has 2 aliphatic rings. The number of halogens is 2. The van der Waals surface area contributed by atoms with Gasteiger partial charge in [-0.25, -0.2) is 4.99 Å². The molecular weight excluding hydrogens is 491 g/mol. The number of thiocarbonyl (C=S) groups is 1. The van der Waals surface area contributed by atoms with Gasteiger partial charge in [0.05, 0.1) is 24.0 Å². The lowest BCUT2D eigenvalue weighted by molar-refractivity contribution is -0.119. The summed E-state index contributed by atoms with van der Waals surface area (Å²) in [5.41, 5.74) is 4.54. The molecule has 0 bridgehead atoms. The molecule has 0 spiro atoms. The van der Waals surface area contributed by atoms with Crippen molar-refractivity contribution in [2.45, 2.75) is 26.1 Å². The summed E-state index contributed by atoms with van der Waals surface area (Å²) in [4.78, 5) is 24.0. The number of hydrogen-bond donors (Lipinski definition) is 3. The van der Waals surface area contributed by atoms with Gasteiger partial charge in [0.25, 0.3) is 5.91 Å². The maximum absolute atomic E-state index is 13.3. The van der Waals surface area contributed by atoms with Gasteiger partial charge in [-0.05, 0) is 50.3 Å². The second kappa shape index (κ2) is 10.1. The number of nitrogens with one attached hydrogen (secondary N) is 3. The molecule has 2 heterocycles. The molecule has 0 radical (unpaired) electrons. The van der Waals surface area contributed by atoms with Crippen molar-refractivity contribution in [1.29, 1.82) is 0 Å². The van der Waals surface area contributed by atoms with Crippen LogP contribution in [0.5, 0.6) is 0 Å². The Kier molecular flexibility index (Phi) is 7.21. The quantitative estimate of drug-likeness (QED) is 0.539. The molecule has 10 heteroatoms. The maximum Gasteiger partial charge on any atom is 0.272 e. The minimum absolute atomic E-state index is 0.147. The van der Waals surface area contributed by atoms with Crippen LogP contribution in [0, 0.1) is 0 Å². The van der Waals surface area contributed by atoms with Crippen LogP contribution in [0.2, 0.25) is 10.0 Å². The van der Waals surface area contributed by atoms with Crippen LogP contribution < -0.4 is 20.9 Å². The minimum Gasteiger partial charge on any atom is -0.378 e. The Morgan fingerprint density at radius 2 is 1.97 bits per heavy atom. The molecule has 2 aromatic carbocycles. The molecule has 1 amide bonds. The number of rotatable bonds is 4. The number of benzodiazepines with no additional fused rings is 1. The highest BCUT2D eigenvalue weighted by atomic mass is 35.5. The first-order chi connectivity index (χ1) is 16.2. The van der Waals surface area contributed by atoms with E-state index < -0.39 is 6.17 Å². The Morgan fingerprint density at radius 3 is 2.71 bits per heavy atom. The number of likely N-dealkylation sites (N-methyl/N-ethyl adjacent to an activating group) is 1. The van der Waals surface area contributed by atoms with Crippen LogP contribution in [0.25, 0.3) is 0 Å². The second-order valence-corrected chi connectivity index (χ2v) is 9.29. The van der Waals surface area contributed by atoms with E-state index in [-0.39, 0.29) is 11.9 Å². The lowest BCUT2D eigenvalue weighted by Crippen LogP contribution is -2.50. The van der Waals surface area contributed by atoms with Gasteiger partial charge in [0.15, 0.2) is 5.11 Å². The standard InChI is InChI=1S/C24H24Cl2N6OS/c1-13-14(2)29-16(11-27-13)12-28-24(34)31-22-23(33)32(3)20-9-8-15(25)10-18(20)21(30-22)17-6-4-5-7-19(17)26/h4-11,14,22,29H,12H2,1-3H3,(H2,28,31,34). The van der Waals surface area contributed by atoms with Gasteiger partial charge in [-0.1, -0.05) is 41.4 Å². The Morgan fingerprint density at radius 1 is 1.21 bits per heavy atom. The average Bonchev–Trinajstić information content (AvgIpc) is 2.90. The Balaban J connectivity index is 1.63. The zero-order valence-electron chi connectivity index (χ0n) is 18.9. The van der Waals surface area contributed by atoms with Crippen LogP contribution in [0.15, 0.2) is 64.3 Å². The normalized spacial score (nSPS) is 19.7. The fraction of sp³-hybridized carbons (Fsp3) is 0.250. The molecule has 4 rings (SSSR count). The van der Waals surface area contributed by atoms with Crippen molar-refractivity contribution in [3.63, 3.8) is 0 Å². The maximum atomic E-state index is 13.3. The highest BCUT2D eigenvalue weighted by Gasteiger charge is 2.31. The average molecular weight is 515 g/mol. The molecular formula is C24H24Cl2N6OS. The highest BCUT2D eigenvalue weighted by Crippen LogP contribution is 2.31. The van der Waals surface area contributed by atoms with Gasteiger partial charge in [-0.3, -0.25) is 9.79 Å². The Labute approximate surface area is 213 Å². The van der Waals surface area contributed by atoms with Crippen molar-refractivity contribution in [3.05, 3.63) is 75.5 Å². The number of aliphatic imine (C=N–C) groups is 2. The molecule has 0 aromatic heterocycles. The SMILES string of the molecule is CC1=NC=C(CNC(=S)NC2N=C(c3ccccc3Cl)c3cc(Cl)ccc3N(C)C2=O)NC1C. The molecule has 2 unspecified atom stereocenters. The van der Waals surface area contributed by atoms with Gasteiger partial charge < -0.3 is 20.9 Å². The summed E-state index contributed by atoms with van der Waals surface area (Å²) in [7, 11) is 1.70. The third-order valence-electron chi connectivity index (χ3n) is 5.69. The molecule has 3 N–H and O–H groups in total. The minimum atomic E-state index is -0.963. The number of benzene rings is 2. The fourth-order valence-electron chi connectivity index (χ4n) is 3.67. The van der Waals surface area contributed by atoms with Gasteiger partial charge in [-0.2, -0.15) is 0 Å². The second-order valence-electron chi connectivity index (χ2n) is 8.04. The molecule has 176 valence electrons. The van der Waals surface area contributed by atoms with E-state index in [1.165, 1.54) is 0 Å². The van der Waals surface area contributed by atoms with Crippen LogP contribution in [0.1, 0.15) is 25.0 Å². The smallest absolute Gasteiger partial charge is 0.272 e. The molecule has 0 saturated heterocycles. The lowest BCUT2D eigenvalue weighted by Gasteiger charge is -2.24. The zero-order valence-corrected chi connectivity index (χ0v) is 21.2. The predicted octanol–water partition coefficient (Wildman–Crippen LogP) is 3.89. The molecule has 2 aromatic rings. The summed E-state index contributed by atoms with van der Waals surface area (Å²) in [6.45, 7) is 4.44. The monoisotopic (exact) mass is 514 g/mol. The van der Waals surface area contributed by atoms with Crippen molar-refractivity contribution in [2.75, 3.05) is 18.5 Å². The molecule has 0 fully saturated rings. The highest BCUT2D eigenvalue weighted by molar-refractivity contribution is 7.80. The van der Waals surface area contributed by atoms with E-state index in [0.717, 1.165) is 11.4 Å². The van der Waals surface area contributed by atoms with Crippen molar-refractivity contribution >= 4 is 63.6 Å². The zero-order chi connectivity index (χ0) is 24.4. The van der Waals surface area contributed by atoms with Gasteiger partial charge in [0.1, 0.15) is 0 Å². The van der Waals surface area contributed by atoms with Crippen LogP contribution >= 0.6 is 35.4 Å². The Bertz CT molecular complexity index is 1240. The van der Waals surface area contributed by atoms with E-state index in [9.17, 15) is 4.79 Å². The molecule has 2 atom stereocenters. The van der Waals surface area contributed by atoms with Gasteiger partial charge in [0, 0.05) is 45.8 Å². The van der Waals surface area contributed by atoms with Gasteiger partial charge in [-0.15, -0.1) is 0 Å². The van der Waals surface area contributed by atoms with Crippen molar-refractivity contribution in [3.8, 4) is 0 Å². The molecule has 0 saturated carbocycles. The number of amides is 1. The number of carbonyl (C=O) groups is 1. The number of fused-ring (bicyclic) bond motifs is 1. The van der Waals surface area contributed by atoms with E-state index in [2.05, 4.69) is 20.9 Å². The van der Waals surface area contributed by atoms with E-state index >= 15 is 0 Å². The number of hydrogen-bond acceptors (Lipinski definition) is 5. The summed E-state index contributed by atoms with van der Waals surface area (Å²) >= 11 is 18.3. The first-order valence-electron chi connectivity index (χ1n) is 10.7. The van der Waals surface area contributed by atoms with Gasteiger partial charge >= 0.3 is 0 Å². The van der Waals surface area contributed by atoms with E-state index in [4.69, 9.17) is 40.4 Å². The first-order valence-corrected chi connectivity index (χ1v) is 11.9. The topological polar surface area (TPSA) is 81.1 Å². The van der Waals surface area contributed by atoms with Crippen LogP contribution in [-0.4, -0.2) is 48.2 Å². The molecule has 7 nitrogen and oxygen atoms in total. The first kappa shape index (κ1) is 24.2.